The van der Waals surface area contributed by atoms with Crippen molar-refractivity contribution in [2.75, 3.05) is 6.54 Å². The summed E-state index contributed by atoms with van der Waals surface area (Å²) in [5.74, 6) is -3.89. The summed E-state index contributed by atoms with van der Waals surface area (Å²) in [5.41, 5.74) is 1.18. The monoisotopic (exact) mass is 399 g/mol. The van der Waals surface area contributed by atoms with Gasteiger partial charge in [-0.25, -0.2) is 13.2 Å². The lowest BCUT2D eigenvalue weighted by molar-refractivity contribution is -0.178. The second-order valence-corrected chi connectivity index (χ2v) is 9.16. The van der Waals surface area contributed by atoms with Crippen LogP contribution < -0.4 is 0 Å². The molecular weight excluding hydrogens is 375 g/mol. The molecule has 1 amide bonds. The van der Waals surface area contributed by atoms with Crippen LogP contribution in [0.3, 0.4) is 0 Å². The summed E-state index contributed by atoms with van der Waals surface area (Å²) in [5, 5.41) is 0. The third-order valence-electron chi connectivity index (χ3n) is 7.37. The van der Waals surface area contributed by atoms with Gasteiger partial charge in [-0.05, 0) is 42.7 Å². The third kappa shape index (κ3) is 2.81. The number of hydrogen-bond donors (Lipinski definition) is 0. The topological polar surface area (TPSA) is 20.3 Å². The van der Waals surface area contributed by atoms with E-state index in [0.29, 0.717) is 17.0 Å². The first-order chi connectivity index (χ1) is 13.8. The van der Waals surface area contributed by atoms with Crippen molar-refractivity contribution in [1.82, 2.24) is 4.90 Å². The molecule has 1 heterocycles. The fraction of sp³-hybridized carbons (Fsp3) is 0.458. The van der Waals surface area contributed by atoms with Crippen molar-refractivity contribution in [2.24, 2.45) is 17.3 Å². The second kappa shape index (κ2) is 6.35. The van der Waals surface area contributed by atoms with Crippen LogP contribution in [0.15, 0.2) is 48.5 Å². The number of amides is 1. The molecule has 2 aromatic rings. The maximum Gasteiger partial charge on any atom is 0.269 e. The van der Waals surface area contributed by atoms with E-state index in [4.69, 9.17) is 0 Å². The molecule has 3 aliphatic carbocycles. The molecule has 0 N–H and O–H groups in total. The second-order valence-electron chi connectivity index (χ2n) is 9.16. The molecule has 0 aromatic heterocycles. The number of halogens is 3. The molecule has 1 aliphatic heterocycles. The Balaban J connectivity index is 1.45. The highest BCUT2D eigenvalue weighted by Gasteiger charge is 2.65. The number of carbonyl (C=O) groups excluding carboxylic acids is 1. The lowest BCUT2D eigenvalue weighted by atomic mass is 9.44. The molecule has 4 aliphatic rings. The van der Waals surface area contributed by atoms with Gasteiger partial charge in [0, 0.05) is 17.5 Å². The van der Waals surface area contributed by atoms with Crippen LogP contribution in [0.25, 0.3) is 11.1 Å². The van der Waals surface area contributed by atoms with Gasteiger partial charge < -0.3 is 4.90 Å². The standard InChI is InChI=1S/C24H24F3NO/c1-15-20(28(14-24(15,26)27)22(29)23-11-16(12-23)13-23)10-18-8-5-9-19(21(18)25)17-6-3-2-4-7-17/h2-9,15-16,20H,10-14H2,1H3/t15-,16?,20+,23?/m1/s1. The number of carbonyl (C=O) groups is 1. The van der Waals surface area contributed by atoms with Crippen molar-refractivity contribution in [2.45, 2.75) is 44.6 Å². The minimum Gasteiger partial charge on any atom is -0.332 e. The Bertz CT molecular complexity index is 941. The first-order valence-electron chi connectivity index (χ1n) is 10.3. The van der Waals surface area contributed by atoms with Gasteiger partial charge in [0.25, 0.3) is 5.92 Å². The maximum atomic E-state index is 15.3. The zero-order chi connectivity index (χ0) is 20.4. The summed E-state index contributed by atoms with van der Waals surface area (Å²) in [6, 6.07) is 13.6. The van der Waals surface area contributed by atoms with Crippen LogP contribution >= 0.6 is 0 Å². The fourth-order valence-electron chi connectivity index (χ4n) is 5.40. The first-order valence-corrected chi connectivity index (χ1v) is 10.3. The van der Waals surface area contributed by atoms with Gasteiger partial charge >= 0.3 is 0 Å². The summed E-state index contributed by atoms with van der Waals surface area (Å²) in [4.78, 5) is 14.5. The van der Waals surface area contributed by atoms with E-state index < -0.39 is 29.8 Å². The van der Waals surface area contributed by atoms with Crippen molar-refractivity contribution in [3.63, 3.8) is 0 Å². The lowest BCUT2D eigenvalue weighted by Crippen LogP contribution is -2.62. The van der Waals surface area contributed by atoms with Gasteiger partial charge in [-0.3, -0.25) is 4.79 Å². The molecule has 0 unspecified atom stereocenters. The molecule has 3 saturated carbocycles. The highest BCUT2D eigenvalue weighted by molar-refractivity contribution is 5.86. The largest absolute Gasteiger partial charge is 0.332 e. The number of benzene rings is 2. The van der Waals surface area contributed by atoms with Crippen molar-refractivity contribution in [1.29, 1.82) is 0 Å². The molecule has 2 nitrogen and oxygen atoms in total. The average molecular weight is 399 g/mol. The zero-order valence-electron chi connectivity index (χ0n) is 16.4. The first kappa shape index (κ1) is 18.7. The Hall–Kier alpha value is -2.30. The fourth-order valence-corrected chi connectivity index (χ4v) is 5.40. The van der Waals surface area contributed by atoms with E-state index >= 15 is 4.39 Å². The van der Waals surface area contributed by atoms with Crippen LogP contribution in [-0.4, -0.2) is 29.3 Å². The van der Waals surface area contributed by atoms with Crippen molar-refractivity contribution in [3.8, 4) is 11.1 Å². The van der Waals surface area contributed by atoms with E-state index in [1.54, 1.807) is 18.2 Å². The summed E-state index contributed by atoms with van der Waals surface area (Å²) >= 11 is 0. The van der Waals surface area contributed by atoms with E-state index in [9.17, 15) is 13.6 Å². The molecule has 6 rings (SSSR count). The Labute approximate surface area is 168 Å². The van der Waals surface area contributed by atoms with Gasteiger partial charge in [0.1, 0.15) is 5.82 Å². The van der Waals surface area contributed by atoms with Crippen molar-refractivity contribution >= 4 is 5.91 Å². The van der Waals surface area contributed by atoms with E-state index in [1.165, 1.54) is 11.8 Å². The third-order valence-corrected chi connectivity index (χ3v) is 7.37. The van der Waals surface area contributed by atoms with Gasteiger partial charge in [-0.2, -0.15) is 0 Å². The Morgan fingerprint density at radius 2 is 1.76 bits per heavy atom. The summed E-state index contributed by atoms with van der Waals surface area (Å²) in [6.07, 6.45) is 2.58. The van der Waals surface area contributed by atoms with Gasteiger partial charge in [0.05, 0.1) is 12.0 Å². The van der Waals surface area contributed by atoms with E-state index in [0.717, 1.165) is 24.8 Å². The van der Waals surface area contributed by atoms with Gasteiger partial charge in [-0.15, -0.1) is 0 Å². The highest BCUT2D eigenvalue weighted by atomic mass is 19.3. The van der Waals surface area contributed by atoms with Crippen LogP contribution in [0, 0.1) is 23.1 Å². The summed E-state index contributed by atoms with van der Waals surface area (Å²) in [7, 11) is 0. The molecule has 4 fully saturated rings. The van der Waals surface area contributed by atoms with Gasteiger partial charge in [-0.1, -0.05) is 55.5 Å². The number of alkyl halides is 2. The van der Waals surface area contributed by atoms with Gasteiger partial charge in [0.15, 0.2) is 0 Å². The minimum absolute atomic E-state index is 0.106. The molecule has 0 radical (unpaired) electrons. The van der Waals surface area contributed by atoms with E-state index in [1.807, 2.05) is 30.3 Å². The van der Waals surface area contributed by atoms with Crippen molar-refractivity contribution < 1.29 is 18.0 Å². The quantitative estimate of drug-likeness (QED) is 0.682. The number of nitrogens with zero attached hydrogens (tertiary/aromatic N) is 1. The smallest absolute Gasteiger partial charge is 0.269 e. The summed E-state index contributed by atoms with van der Waals surface area (Å²) in [6.45, 7) is 0.934. The number of hydrogen-bond acceptors (Lipinski definition) is 1. The van der Waals surface area contributed by atoms with Crippen LogP contribution in [-0.2, 0) is 11.2 Å². The average Bonchev–Trinajstić information content (AvgIpc) is 2.85. The maximum absolute atomic E-state index is 15.3. The minimum atomic E-state index is -2.95. The normalized spacial score (nSPS) is 31.9. The van der Waals surface area contributed by atoms with Crippen LogP contribution in [0.1, 0.15) is 31.7 Å². The molecule has 0 spiro atoms. The molecule has 2 aromatic carbocycles. The zero-order valence-corrected chi connectivity index (χ0v) is 16.4. The molecule has 2 atom stereocenters. The highest BCUT2D eigenvalue weighted by Crippen LogP contribution is 2.65. The van der Waals surface area contributed by atoms with Crippen molar-refractivity contribution in [3.05, 3.63) is 59.9 Å². The molecule has 152 valence electrons. The Morgan fingerprint density at radius 1 is 1.07 bits per heavy atom. The van der Waals surface area contributed by atoms with E-state index in [-0.39, 0.29) is 18.1 Å². The number of rotatable bonds is 4. The summed E-state index contributed by atoms with van der Waals surface area (Å²) < 4.78 is 44.5. The predicted molar refractivity (Wildman–Crippen MR) is 105 cm³/mol. The SMILES string of the molecule is C[C@@H]1[C@H](Cc2cccc(-c3ccccc3)c2F)N(C(=O)C23CC(C2)C3)CC1(F)F. The molecule has 2 bridgehead atoms. The van der Waals surface area contributed by atoms with Gasteiger partial charge in [0.2, 0.25) is 5.91 Å². The Kier molecular flexibility index (Phi) is 4.10. The van der Waals surface area contributed by atoms with Crippen LogP contribution in [0.5, 0.6) is 0 Å². The van der Waals surface area contributed by atoms with E-state index in [2.05, 4.69) is 0 Å². The number of likely N-dealkylation sites (tertiary alicyclic amines) is 1. The molecule has 29 heavy (non-hydrogen) atoms. The molecule has 1 saturated heterocycles. The van der Waals surface area contributed by atoms with Crippen LogP contribution in [0.4, 0.5) is 13.2 Å². The molecule has 5 heteroatoms. The lowest BCUT2D eigenvalue weighted by Gasteiger charge is -2.61. The molecular formula is C24H24F3NO. The predicted octanol–water partition coefficient (Wildman–Crippen LogP) is 5.32. The van der Waals surface area contributed by atoms with Crippen LogP contribution in [0.2, 0.25) is 0 Å². The Morgan fingerprint density at radius 3 is 2.38 bits per heavy atom.